The van der Waals surface area contributed by atoms with E-state index in [2.05, 4.69) is 23.8 Å². The maximum atomic E-state index is 11.9. The molecule has 2 nitrogen and oxygen atoms in total. The average molecular weight is 316 g/mol. The average Bonchev–Trinajstić information content (AvgIpc) is 2.62. The molecule has 2 aromatic carbocycles. The molecule has 0 amide bonds. The Morgan fingerprint density at radius 3 is 2.62 bits per heavy atom. The molecule has 0 bridgehead atoms. The maximum absolute atomic E-state index is 11.9. The Bertz CT molecular complexity index is 841. The minimum absolute atomic E-state index is 0.365. The van der Waals surface area contributed by atoms with Crippen LogP contribution < -0.4 is 0 Å². The SMILES string of the molecule is C#CCCCCC#CC(=Cc1ccc2ccccc2c1)C(=O)OC. The summed E-state index contributed by atoms with van der Waals surface area (Å²) in [6.07, 6.45) is 10.4. The van der Waals surface area contributed by atoms with Gasteiger partial charge >= 0.3 is 5.97 Å². The van der Waals surface area contributed by atoms with Crippen LogP contribution in [0.1, 0.15) is 31.2 Å². The summed E-state index contributed by atoms with van der Waals surface area (Å²) in [4.78, 5) is 11.9. The number of carbonyl (C=O) groups is 1. The lowest BCUT2D eigenvalue weighted by molar-refractivity contribution is -0.135. The molecule has 0 aromatic heterocycles. The number of unbranched alkanes of at least 4 members (excludes halogenated alkanes) is 3. The van der Waals surface area contributed by atoms with Crippen LogP contribution in [0.4, 0.5) is 0 Å². The highest BCUT2D eigenvalue weighted by atomic mass is 16.5. The van der Waals surface area contributed by atoms with Crippen molar-refractivity contribution in [1.29, 1.82) is 0 Å². The van der Waals surface area contributed by atoms with Gasteiger partial charge in [-0.25, -0.2) is 4.79 Å². The van der Waals surface area contributed by atoms with Gasteiger partial charge in [0, 0.05) is 12.8 Å². The number of methoxy groups -OCH3 is 1. The molecule has 0 unspecified atom stereocenters. The van der Waals surface area contributed by atoms with Crippen molar-refractivity contribution < 1.29 is 9.53 Å². The molecule has 24 heavy (non-hydrogen) atoms. The Labute approximate surface area is 143 Å². The molecule has 0 saturated carbocycles. The number of benzene rings is 2. The van der Waals surface area contributed by atoms with Crippen molar-refractivity contribution in [2.75, 3.05) is 7.11 Å². The van der Waals surface area contributed by atoms with Crippen molar-refractivity contribution in [1.82, 2.24) is 0 Å². The molecule has 0 spiro atoms. The van der Waals surface area contributed by atoms with Gasteiger partial charge in [0.2, 0.25) is 0 Å². The third-order valence-corrected chi connectivity index (χ3v) is 3.59. The second kappa shape index (κ2) is 9.23. The lowest BCUT2D eigenvalue weighted by Gasteiger charge is -2.01. The van der Waals surface area contributed by atoms with E-state index >= 15 is 0 Å². The van der Waals surface area contributed by atoms with Crippen molar-refractivity contribution >= 4 is 22.8 Å². The molecule has 0 radical (unpaired) electrons. The second-order valence-corrected chi connectivity index (χ2v) is 5.37. The van der Waals surface area contributed by atoms with Gasteiger partial charge in [-0.3, -0.25) is 0 Å². The molecule has 2 heteroatoms. The van der Waals surface area contributed by atoms with Gasteiger partial charge in [0.15, 0.2) is 0 Å². The molecule has 0 aliphatic heterocycles. The quantitative estimate of drug-likeness (QED) is 0.349. The standard InChI is InChI=1S/C22H20O2/c1-3-4-5-6-7-8-13-21(22(23)24-2)17-18-14-15-19-11-9-10-12-20(19)16-18/h1,9-12,14-17H,4-7H2,2H3. The van der Waals surface area contributed by atoms with E-state index in [9.17, 15) is 4.79 Å². The summed E-state index contributed by atoms with van der Waals surface area (Å²) in [5.41, 5.74) is 1.29. The zero-order valence-electron chi connectivity index (χ0n) is 13.8. The van der Waals surface area contributed by atoms with Crippen LogP contribution in [0, 0.1) is 24.2 Å². The Morgan fingerprint density at radius 2 is 1.88 bits per heavy atom. The molecule has 0 atom stereocenters. The Balaban J connectivity index is 2.19. The number of rotatable bonds is 5. The highest BCUT2D eigenvalue weighted by Crippen LogP contribution is 2.17. The monoisotopic (exact) mass is 316 g/mol. The molecule has 0 N–H and O–H groups in total. The fraction of sp³-hybridized carbons (Fsp3) is 0.227. The number of ether oxygens (including phenoxy) is 1. The van der Waals surface area contributed by atoms with E-state index in [0.717, 1.165) is 35.6 Å². The van der Waals surface area contributed by atoms with Crippen molar-refractivity contribution in [3.8, 4) is 24.2 Å². The predicted molar refractivity (Wildman–Crippen MR) is 99.0 cm³/mol. The Kier molecular flexibility index (Phi) is 6.69. The number of carbonyl (C=O) groups excluding carboxylic acids is 1. The summed E-state index contributed by atoms with van der Waals surface area (Å²) in [7, 11) is 1.37. The van der Waals surface area contributed by atoms with Crippen LogP contribution in [0.25, 0.3) is 16.8 Å². The summed E-state index contributed by atoms with van der Waals surface area (Å²) in [6.45, 7) is 0. The van der Waals surface area contributed by atoms with Gasteiger partial charge in [-0.1, -0.05) is 48.2 Å². The molecule has 0 aliphatic carbocycles. The van der Waals surface area contributed by atoms with E-state index in [1.54, 1.807) is 6.08 Å². The minimum atomic E-state index is -0.417. The van der Waals surface area contributed by atoms with E-state index in [1.807, 2.05) is 36.4 Å². The van der Waals surface area contributed by atoms with E-state index < -0.39 is 5.97 Å². The first-order valence-corrected chi connectivity index (χ1v) is 7.96. The topological polar surface area (TPSA) is 26.3 Å². The number of terminal acetylenes is 1. The molecule has 0 aliphatic rings. The molecular weight excluding hydrogens is 296 g/mol. The summed E-state index contributed by atoms with van der Waals surface area (Å²) in [5, 5.41) is 2.28. The van der Waals surface area contributed by atoms with Gasteiger partial charge in [-0.05, 0) is 41.3 Å². The zero-order valence-corrected chi connectivity index (χ0v) is 13.8. The number of hydrogen-bond acceptors (Lipinski definition) is 2. The maximum Gasteiger partial charge on any atom is 0.346 e. The molecule has 120 valence electrons. The van der Waals surface area contributed by atoms with Crippen LogP contribution in [-0.2, 0) is 9.53 Å². The third-order valence-electron chi connectivity index (χ3n) is 3.59. The van der Waals surface area contributed by atoms with Crippen LogP contribution in [0.3, 0.4) is 0 Å². The summed E-state index contributed by atoms with van der Waals surface area (Å²) < 4.78 is 4.83. The molecule has 2 rings (SSSR count). The van der Waals surface area contributed by atoms with Crippen molar-refractivity contribution in [3.05, 3.63) is 53.6 Å². The van der Waals surface area contributed by atoms with Gasteiger partial charge in [-0.2, -0.15) is 0 Å². The van der Waals surface area contributed by atoms with Crippen molar-refractivity contribution in [2.45, 2.75) is 25.7 Å². The van der Waals surface area contributed by atoms with Gasteiger partial charge in [0.05, 0.1) is 7.11 Å². The Morgan fingerprint density at radius 1 is 1.12 bits per heavy atom. The Hall–Kier alpha value is -2.97. The van der Waals surface area contributed by atoms with E-state index in [4.69, 9.17) is 11.2 Å². The van der Waals surface area contributed by atoms with E-state index in [0.29, 0.717) is 12.0 Å². The highest BCUT2D eigenvalue weighted by molar-refractivity contribution is 5.99. The van der Waals surface area contributed by atoms with Crippen molar-refractivity contribution in [2.24, 2.45) is 0 Å². The fourth-order valence-electron chi connectivity index (χ4n) is 2.32. The normalized spacial score (nSPS) is 10.6. The lowest BCUT2D eigenvalue weighted by atomic mass is 10.0. The smallest absolute Gasteiger partial charge is 0.346 e. The lowest BCUT2D eigenvalue weighted by Crippen LogP contribution is -2.02. The first kappa shape index (κ1) is 17.4. The summed E-state index contributed by atoms with van der Waals surface area (Å²) >= 11 is 0. The van der Waals surface area contributed by atoms with Crippen LogP contribution >= 0.6 is 0 Å². The molecule has 0 heterocycles. The van der Waals surface area contributed by atoms with E-state index in [-0.39, 0.29) is 0 Å². The molecular formula is C22H20O2. The van der Waals surface area contributed by atoms with Crippen LogP contribution in [0.15, 0.2) is 48.0 Å². The van der Waals surface area contributed by atoms with Gasteiger partial charge in [0.1, 0.15) is 5.57 Å². The van der Waals surface area contributed by atoms with Crippen LogP contribution in [-0.4, -0.2) is 13.1 Å². The van der Waals surface area contributed by atoms with Crippen LogP contribution in [0.2, 0.25) is 0 Å². The predicted octanol–water partition coefficient (Wildman–Crippen LogP) is 4.59. The fourth-order valence-corrected chi connectivity index (χ4v) is 2.32. The van der Waals surface area contributed by atoms with Gasteiger partial charge in [0.25, 0.3) is 0 Å². The minimum Gasteiger partial charge on any atom is -0.465 e. The van der Waals surface area contributed by atoms with Crippen molar-refractivity contribution in [3.63, 3.8) is 0 Å². The van der Waals surface area contributed by atoms with E-state index in [1.165, 1.54) is 7.11 Å². The second-order valence-electron chi connectivity index (χ2n) is 5.37. The molecule has 0 fully saturated rings. The number of esters is 1. The largest absolute Gasteiger partial charge is 0.465 e. The van der Waals surface area contributed by atoms with Gasteiger partial charge in [-0.15, -0.1) is 12.3 Å². The summed E-state index contributed by atoms with van der Waals surface area (Å²) in [6, 6.07) is 14.1. The van der Waals surface area contributed by atoms with Gasteiger partial charge < -0.3 is 4.74 Å². The number of hydrogen-bond donors (Lipinski definition) is 0. The first-order chi connectivity index (χ1) is 11.7. The third kappa shape index (κ3) is 5.04. The summed E-state index contributed by atoms with van der Waals surface area (Å²) in [5.74, 6) is 8.15. The van der Waals surface area contributed by atoms with Crippen LogP contribution in [0.5, 0.6) is 0 Å². The molecule has 2 aromatic rings. The zero-order chi connectivity index (χ0) is 17.2. The number of fused-ring (bicyclic) bond motifs is 1. The first-order valence-electron chi connectivity index (χ1n) is 7.96. The highest BCUT2D eigenvalue weighted by Gasteiger charge is 2.06. The molecule has 0 saturated heterocycles.